The highest BCUT2D eigenvalue weighted by Gasteiger charge is 2.30. The third kappa shape index (κ3) is 2.72. The Morgan fingerprint density at radius 3 is 2.42 bits per heavy atom. The zero-order valence-corrected chi connectivity index (χ0v) is 14.8. The largest absolute Gasteiger partial charge is 0.454 e. The quantitative estimate of drug-likeness (QED) is 0.416. The summed E-state index contributed by atoms with van der Waals surface area (Å²) < 4.78 is 6.74. The smallest absolute Gasteiger partial charge is 0.273 e. The van der Waals surface area contributed by atoms with Gasteiger partial charge >= 0.3 is 0 Å². The average Bonchev–Trinajstić information content (AvgIpc) is 2.76. The number of non-ortho nitro benzene ring substituents is 1. The number of benzene rings is 3. The third-order valence-electron chi connectivity index (χ3n) is 4.02. The maximum atomic E-state index is 13.2. The number of para-hydroxylation sites is 1. The summed E-state index contributed by atoms with van der Waals surface area (Å²) in [5.74, 6) is 0.342. The molecular formula is C19H11BrN2O4. The number of halogens is 1. The van der Waals surface area contributed by atoms with Gasteiger partial charge in [-0.15, -0.1) is 0 Å². The second-order valence-electron chi connectivity index (χ2n) is 5.62. The first-order chi connectivity index (χ1) is 12.5. The first-order valence-corrected chi connectivity index (χ1v) is 8.49. The summed E-state index contributed by atoms with van der Waals surface area (Å²) in [5, 5.41) is 11.1. The maximum absolute atomic E-state index is 13.2. The molecule has 1 aliphatic rings. The summed E-state index contributed by atoms with van der Waals surface area (Å²) in [6.45, 7) is 0. The minimum atomic E-state index is -0.494. The molecule has 0 saturated heterocycles. The maximum Gasteiger partial charge on any atom is 0.273 e. The minimum absolute atomic E-state index is 0.105. The number of anilines is 2. The van der Waals surface area contributed by atoms with Crippen LogP contribution in [0.15, 0.2) is 71.2 Å². The molecule has 0 saturated carbocycles. The Balaban J connectivity index is 1.96. The van der Waals surface area contributed by atoms with Crippen molar-refractivity contribution in [3.63, 3.8) is 0 Å². The first-order valence-electron chi connectivity index (χ1n) is 7.70. The molecule has 128 valence electrons. The Kier molecular flexibility index (Phi) is 3.93. The van der Waals surface area contributed by atoms with E-state index in [1.807, 2.05) is 12.1 Å². The van der Waals surface area contributed by atoms with E-state index in [1.165, 1.54) is 23.1 Å². The van der Waals surface area contributed by atoms with Gasteiger partial charge in [0.25, 0.3) is 11.6 Å². The SMILES string of the molecule is O=C1c2ccccc2Oc2cc([N+](=O)[O-])ccc2N1c1ccc(Br)cc1. The number of fused-ring (bicyclic) bond motifs is 2. The van der Waals surface area contributed by atoms with Crippen LogP contribution in [0.25, 0.3) is 0 Å². The predicted octanol–water partition coefficient (Wildman–Crippen LogP) is 5.44. The van der Waals surface area contributed by atoms with Gasteiger partial charge in [-0.05, 0) is 42.5 Å². The van der Waals surface area contributed by atoms with Gasteiger partial charge in [-0.25, -0.2) is 0 Å². The molecule has 3 aromatic rings. The fourth-order valence-corrected chi connectivity index (χ4v) is 3.07. The monoisotopic (exact) mass is 410 g/mol. The Labute approximate surface area is 156 Å². The molecule has 0 bridgehead atoms. The highest BCUT2D eigenvalue weighted by atomic mass is 79.9. The normalized spacial score (nSPS) is 12.7. The molecule has 0 N–H and O–H groups in total. The van der Waals surface area contributed by atoms with E-state index in [-0.39, 0.29) is 17.3 Å². The van der Waals surface area contributed by atoms with Crippen LogP contribution in [0.2, 0.25) is 0 Å². The van der Waals surface area contributed by atoms with Crippen LogP contribution in [0.1, 0.15) is 10.4 Å². The van der Waals surface area contributed by atoms with Crippen LogP contribution >= 0.6 is 15.9 Å². The first kappa shape index (κ1) is 16.3. The van der Waals surface area contributed by atoms with E-state index in [4.69, 9.17) is 4.74 Å². The van der Waals surface area contributed by atoms with Gasteiger partial charge in [0, 0.05) is 16.2 Å². The molecular weight excluding hydrogens is 400 g/mol. The highest BCUT2D eigenvalue weighted by Crippen LogP contribution is 2.43. The molecule has 1 aliphatic heterocycles. The molecule has 0 atom stereocenters. The predicted molar refractivity (Wildman–Crippen MR) is 100 cm³/mol. The van der Waals surface area contributed by atoms with Crippen molar-refractivity contribution in [3.8, 4) is 11.5 Å². The van der Waals surface area contributed by atoms with Crippen LogP contribution in [0.3, 0.4) is 0 Å². The Morgan fingerprint density at radius 1 is 0.962 bits per heavy atom. The van der Waals surface area contributed by atoms with E-state index in [1.54, 1.807) is 36.4 Å². The molecule has 0 unspecified atom stereocenters. The van der Waals surface area contributed by atoms with E-state index in [0.29, 0.717) is 22.7 Å². The van der Waals surface area contributed by atoms with Gasteiger partial charge in [0.1, 0.15) is 5.75 Å². The number of nitro benzene ring substituents is 1. The molecule has 0 aliphatic carbocycles. The fraction of sp³-hybridized carbons (Fsp3) is 0. The van der Waals surface area contributed by atoms with Crippen LogP contribution < -0.4 is 9.64 Å². The van der Waals surface area contributed by atoms with Crippen molar-refractivity contribution in [1.29, 1.82) is 0 Å². The van der Waals surface area contributed by atoms with Gasteiger partial charge in [0.2, 0.25) is 0 Å². The third-order valence-corrected chi connectivity index (χ3v) is 4.55. The van der Waals surface area contributed by atoms with Crippen LogP contribution in [-0.4, -0.2) is 10.8 Å². The van der Waals surface area contributed by atoms with Gasteiger partial charge < -0.3 is 4.74 Å². The number of rotatable bonds is 2. The van der Waals surface area contributed by atoms with Crippen molar-refractivity contribution >= 4 is 38.9 Å². The van der Waals surface area contributed by atoms with Crippen molar-refractivity contribution in [2.75, 3.05) is 4.90 Å². The summed E-state index contributed by atoms with van der Waals surface area (Å²) in [6, 6.07) is 18.3. The van der Waals surface area contributed by atoms with Crippen LogP contribution in [-0.2, 0) is 0 Å². The standard InChI is InChI=1S/C19H11BrN2O4/c20-12-5-7-13(8-6-12)21-16-10-9-14(22(24)25)11-18(16)26-17-4-2-1-3-15(17)19(21)23/h1-11H. The molecule has 7 heteroatoms. The molecule has 1 heterocycles. The van der Waals surface area contributed by atoms with Gasteiger partial charge in [-0.1, -0.05) is 28.1 Å². The molecule has 0 aromatic heterocycles. The topological polar surface area (TPSA) is 72.7 Å². The summed E-state index contributed by atoms with van der Waals surface area (Å²) in [7, 11) is 0. The number of hydrogen-bond donors (Lipinski definition) is 0. The van der Waals surface area contributed by atoms with Crippen molar-refractivity contribution < 1.29 is 14.5 Å². The second kappa shape index (κ2) is 6.27. The van der Waals surface area contributed by atoms with E-state index >= 15 is 0 Å². The molecule has 1 amide bonds. The van der Waals surface area contributed by atoms with E-state index in [2.05, 4.69) is 15.9 Å². The van der Waals surface area contributed by atoms with Crippen molar-refractivity contribution in [3.05, 3.63) is 86.9 Å². The number of ether oxygens (including phenoxy) is 1. The highest BCUT2D eigenvalue weighted by molar-refractivity contribution is 9.10. The number of nitrogens with zero attached hydrogens (tertiary/aromatic N) is 2. The lowest BCUT2D eigenvalue weighted by Gasteiger charge is -2.22. The fourth-order valence-electron chi connectivity index (χ4n) is 2.81. The molecule has 0 spiro atoms. The van der Waals surface area contributed by atoms with E-state index in [9.17, 15) is 14.9 Å². The number of amides is 1. The lowest BCUT2D eigenvalue weighted by Crippen LogP contribution is -2.25. The lowest BCUT2D eigenvalue weighted by atomic mass is 10.1. The van der Waals surface area contributed by atoms with Crippen molar-refractivity contribution in [1.82, 2.24) is 0 Å². The summed E-state index contributed by atoms with van der Waals surface area (Å²) in [6.07, 6.45) is 0. The Bertz CT molecular complexity index is 1030. The van der Waals surface area contributed by atoms with Gasteiger partial charge in [-0.3, -0.25) is 19.8 Å². The number of carbonyl (C=O) groups is 1. The summed E-state index contributed by atoms with van der Waals surface area (Å²) in [5.41, 5.74) is 1.35. The van der Waals surface area contributed by atoms with Crippen molar-refractivity contribution in [2.45, 2.75) is 0 Å². The van der Waals surface area contributed by atoms with E-state index in [0.717, 1.165) is 4.47 Å². The number of nitro groups is 1. The lowest BCUT2D eigenvalue weighted by molar-refractivity contribution is -0.384. The van der Waals surface area contributed by atoms with Crippen LogP contribution in [0, 0.1) is 10.1 Å². The zero-order chi connectivity index (χ0) is 18.3. The summed E-state index contributed by atoms with van der Waals surface area (Å²) in [4.78, 5) is 25.3. The molecule has 3 aromatic carbocycles. The average molecular weight is 411 g/mol. The second-order valence-corrected chi connectivity index (χ2v) is 6.54. The van der Waals surface area contributed by atoms with Crippen LogP contribution in [0.4, 0.5) is 17.1 Å². The molecule has 26 heavy (non-hydrogen) atoms. The summed E-state index contributed by atoms with van der Waals surface area (Å²) >= 11 is 3.38. The van der Waals surface area contributed by atoms with Crippen molar-refractivity contribution in [2.24, 2.45) is 0 Å². The minimum Gasteiger partial charge on any atom is -0.454 e. The van der Waals surface area contributed by atoms with Gasteiger partial charge in [0.15, 0.2) is 5.75 Å². The van der Waals surface area contributed by atoms with Crippen LogP contribution in [0.5, 0.6) is 11.5 Å². The number of hydrogen-bond acceptors (Lipinski definition) is 4. The molecule has 6 nitrogen and oxygen atoms in total. The van der Waals surface area contributed by atoms with E-state index < -0.39 is 4.92 Å². The zero-order valence-electron chi connectivity index (χ0n) is 13.3. The molecule has 4 rings (SSSR count). The van der Waals surface area contributed by atoms with Gasteiger partial charge in [-0.2, -0.15) is 0 Å². The Hall–Kier alpha value is -3.19. The van der Waals surface area contributed by atoms with Gasteiger partial charge in [0.05, 0.1) is 22.2 Å². The molecule has 0 radical (unpaired) electrons. The number of carbonyl (C=O) groups excluding carboxylic acids is 1. The Morgan fingerprint density at radius 2 is 1.69 bits per heavy atom. The molecule has 0 fully saturated rings.